The summed E-state index contributed by atoms with van der Waals surface area (Å²) in [5, 5.41) is 7.15. The maximum absolute atomic E-state index is 4.00. The van der Waals surface area contributed by atoms with Gasteiger partial charge in [0.15, 0.2) is 0 Å². The average Bonchev–Trinajstić information content (AvgIpc) is 1.48. The van der Waals surface area contributed by atoms with Crippen LogP contribution < -0.4 is 0 Å². The van der Waals surface area contributed by atoms with Gasteiger partial charge in [0.25, 0.3) is 0 Å². The molecule has 0 bridgehead atoms. The molecule has 4 aliphatic heterocycles. The Kier molecular flexibility index (Phi) is 18.4. The molecule has 12 aliphatic rings. The van der Waals surface area contributed by atoms with E-state index < -0.39 is 32.3 Å². The number of hydrogen-bond acceptors (Lipinski definition) is 0. The normalized spacial score (nSPS) is 25.0. The average molecular weight is 1870 g/mol. The van der Waals surface area contributed by atoms with Crippen molar-refractivity contribution in [1.29, 1.82) is 0 Å². The second-order valence-corrected chi connectivity index (χ2v) is 66.3. The van der Waals surface area contributed by atoms with Crippen LogP contribution in [0.25, 0.3) is 111 Å². The van der Waals surface area contributed by atoms with Gasteiger partial charge in [0.05, 0.1) is 55.1 Å². The van der Waals surface area contributed by atoms with E-state index in [4.69, 9.17) is 0 Å². The van der Waals surface area contributed by atoms with Crippen LogP contribution in [-0.2, 0) is 68.5 Å². The Balaban J connectivity index is 0.0000000957. The number of allylic oxidation sites excluding steroid dienone is 8. The molecule has 688 valence electrons. The third-order valence-electron chi connectivity index (χ3n) is 39.8. The highest BCUT2D eigenvalue weighted by molar-refractivity contribution is 6.90. The number of unbranched alkanes of at least 4 members (excludes halogenated alkanes) is 1. The Morgan fingerprint density at radius 1 is 0.288 bits per heavy atom. The van der Waals surface area contributed by atoms with E-state index in [9.17, 15) is 0 Å². The van der Waals surface area contributed by atoms with Crippen molar-refractivity contribution in [1.82, 2.24) is 18.3 Å². The molecule has 0 saturated carbocycles. The molecule has 8 aliphatic carbocycles. The molecule has 13 aromatic carbocycles. The largest absolute Gasteiger partial charge is 0.343 e. The van der Waals surface area contributed by atoms with E-state index in [-0.39, 0.29) is 40.3 Å². The van der Waals surface area contributed by atoms with E-state index in [1.54, 1.807) is 72.3 Å². The lowest BCUT2D eigenvalue weighted by molar-refractivity contribution is 0.433. The van der Waals surface area contributed by atoms with E-state index in [2.05, 4.69) is 475 Å². The highest BCUT2D eigenvalue weighted by Gasteiger charge is 2.79. The number of rotatable bonds is 7. The number of fused-ring (bicyclic) bond motifs is 36. The molecular weight excluding hydrogens is 1740 g/mol. The molecule has 0 N–H and O–H groups in total. The first-order chi connectivity index (χ1) is 67.0. The van der Waals surface area contributed by atoms with Crippen LogP contribution in [0.15, 0.2) is 334 Å². The van der Waals surface area contributed by atoms with Crippen molar-refractivity contribution in [2.75, 3.05) is 0 Å². The van der Waals surface area contributed by atoms with Gasteiger partial charge in [-0.15, -0.1) is 6.58 Å². The van der Waals surface area contributed by atoms with Gasteiger partial charge in [-0.1, -0.05) is 367 Å². The molecule has 8 atom stereocenters. The minimum absolute atomic E-state index is 0.0992. The predicted molar refractivity (Wildman–Crippen MR) is 598 cm³/mol. The fraction of sp³-hybridized carbons (Fsp3) is 0.267. The molecule has 8 spiro atoms. The van der Waals surface area contributed by atoms with Gasteiger partial charge >= 0.3 is 0 Å². The lowest BCUT2D eigenvalue weighted by Crippen LogP contribution is -2.75. The Labute approximate surface area is 826 Å². The van der Waals surface area contributed by atoms with Gasteiger partial charge in [-0.05, 0) is 251 Å². The molecular formula is C131H128N4Si4. The van der Waals surface area contributed by atoms with Crippen molar-refractivity contribution in [2.45, 2.75) is 192 Å². The van der Waals surface area contributed by atoms with E-state index in [0.29, 0.717) is 0 Å². The van der Waals surface area contributed by atoms with Crippen LogP contribution in [-0.4, -0.2) is 50.6 Å². The first-order valence-electron chi connectivity index (χ1n) is 51.7. The van der Waals surface area contributed by atoms with Crippen molar-refractivity contribution in [2.24, 2.45) is 28.2 Å². The molecule has 4 saturated heterocycles. The van der Waals surface area contributed by atoms with Crippen LogP contribution in [0.2, 0.25) is 52.4 Å². The summed E-state index contributed by atoms with van der Waals surface area (Å²) in [5.74, 6) is 0. The lowest BCUT2D eigenvalue weighted by atomic mass is 9.79. The molecule has 139 heavy (non-hydrogen) atoms. The number of benzene rings is 13. The molecule has 17 aromatic rings. The minimum atomic E-state index is -2.02. The lowest BCUT2D eigenvalue weighted by Gasteiger charge is -2.66. The zero-order valence-corrected chi connectivity index (χ0v) is 88.5. The summed E-state index contributed by atoms with van der Waals surface area (Å²) in [6, 6.07) is 114. The number of aryl methyl sites for hydroxylation is 8. The summed E-state index contributed by atoms with van der Waals surface area (Å²) in [6.45, 7) is 39.0. The monoisotopic (exact) mass is 1870 g/mol. The van der Waals surface area contributed by atoms with Crippen LogP contribution in [0.5, 0.6) is 0 Å². The fourth-order valence-electron chi connectivity index (χ4n) is 32.9. The number of aromatic nitrogens is 4. The van der Waals surface area contributed by atoms with Crippen molar-refractivity contribution in [3.05, 3.63) is 451 Å². The van der Waals surface area contributed by atoms with Crippen molar-refractivity contribution >= 4 is 98.2 Å². The summed E-state index contributed by atoms with van der Waals surface area (Å²) in [6.07, 6.45) is 23.5. The molecule has 8 unspecified atom stereocenters. The maximum Gasteiger partial charge on any atom is 0.0801 e. The third-order valence-corrected chi connectivity index (χ3v) is 62.4. The summed E-state index contributed by atoms with van der Waals surface area (Å²) in [4.78, 5) is 0. The van der Waals surface area contributed by atoms with E-state index >= 15 is 0 Å². The van der Waals surface area contributed by atoms with E-state index in [0.717, 1.165) is 19.3 Å². The van der Waals surface area contributed by atoms with Gasteiger partial charge in [0.2, 0.25) is 0 Å². The summed E-state index contributed by atoms with van der Waals surface area (Å²) in [5.41, 5.74) is 55.0. The minimum Gasteiger partial charge on any atom is -0.343 e. The van der Waals surface area contributed by atoms with Gasteiger partial charge in [0.1, 0.15) is 0 Å². The van der Waals surface area contributed by atoms with Crippen molar-refractivity contribution < 1.29 is 0 Å². The molecule has 4 aromatic heterocycles. The van der Waals surface area contributed by atoms with Gasteiger partial charge in [-0.2, -0.15) is 0 Å². The number of hydrogen-bond donors (Lipinski definition) is 0. The first-order valence-corrected chi connectivity index (χ1v) is 63.7. The Hall–Kier alpha value is -12.4. The summed E-state index contributed by atoms with van der Waals surface area (Å²) < 4.78 is 9.90. The topological polar surface area (TPSA) is 19.7 Å². The summed E-state index contributed by atoms with van der Waals surface area (Å²) in [7, 11) is 1.29. The van der Waals surface area contributed by atoms with Gasteiger partial charge in [-0.25, -0.2) is 0 Å². The summed E-state index contributed by atoms with van der Waals surface area (Å²) >= 11 is 0. The Morgan fingerprint density at radius 2 is 0.554 bits per heavy atom. The Morgan fingerprint density at radius 3 is 0.878 bits per heavy atom. The number of nitrogens with zero attached hydrogens (tertiary/aromatic N) is 4. The van der Waals surface area contributed by atoms with Crippen LogP contribution in [0.4, 0.5) is 0 Å². The first kappa shape index (κ1) is 86.9. The third kappa shape index (κ3) is 10.3. The van der Waals surface area contributed by atoms with Gasteiger partial charge in [0, 0.05) is 134 Å². The smallest absolute Gasteiger partial charge is 0.0801 e. The standard InChI is InChI=1S/C35H31NSi.C33H35NSi.C33H33NSi.C30H29NSi/c1-23-18-19-31-27(20-23)32-33(36(31)2)26-15-9-11-17-30(26)35(32)22-34(37(35,3)4)21-28(24-12-6-5-7-13-24)25-14-8-10-16-29(25)34;2*1-6-7-12-23-20-32(27-15-10-8-13-24(23)27)21-33(35(32,4)5)28-16-11-9-14-25(28)31-30(33)26-19-22(2)17-18-29(26)34(31)3;1-19-14-15-26-23(16-19)27-28(31(26)3)22-11-7-9-13-25(22)30(27)18-29(32(30,4)5)17-20(2)21-10-6-8-12-24(21)29/h5-21H,22H2,1-4H3;8-11,13-20H,6-7,12,21H2,1-5H3;6,8-11,13-20H,1,7,12,21H2,2-5H3;6-17H,18H2,1-5H3. The predicted octanol–water partition coefficient (Wildman–Crippen LogP) is 32.3. The van der Waals surface area contributed by atoms with Gasteiger partial charge < -0.3 is 18.3 Å². The maximum atomic E-state index is 4.00. The van der Waals surface area contributed by atoms with Crippen LogP contribution in [0.3, 0.4) is 0 Å². The quantitative estimate of drug-likeness (QED) is 0.112. The Bertz CT molecular complexity index is 8440. The molecule has 29 rings (SSSR count). The van der Waals surface area contributed by atoms with Crippen molar-refractivity contribution in [3.8, 4) is 45.0 Å². The van der Waals surface area contributed by atoms with E-state index in [1.807, 2.05) is 0 Å². The molecule has 8 heterocycles. The van der Waals surface area contributed by atoms with Crippen LogP contribution in [0, 0.1) is 27.7 Å². The molecule has 0 radical (unpaired) electrons. The zero-order chi connectivity index (χ0) is 95.5. The molecule has 8 heteroatoms. The molecule has 4 fully saturated rings. The van der Waals surface area contributed by atoms with E-state index in [1.165, 1.54) is 194 Å². The zero-order valence-electron chi connectivity index (χ0n) is 84.5. The second kappa shape index (κ2) is 29.4. The fourth-order valence-corrected chi connectivity index (χ4v) is 53.2. The molecule has 0 amide bonds. The highest BCUT2D eigenvalue weighted by atomic mass is 28.3. The highest BCUT2D eigenvalue weighted by Crippen LogP contribution is 2.79. The van der Waals surface area contributed by atoms with Crippen molar-refractivity contribution in [3.63, 3.8) is 0 Å². The van der Waals surface area contributed by atoms with Crippen LogP contribution in [0.1, 0.15) is 188 Å². The van der Waals surface area contributed by atoms with Gasteiger partial charge in [-0.3, -0.25) is 0 Å². The van der Waals surface area contributed by atoms with Crippen LogP contribution >= 0.6 is 0 Å². The SMILES string of the molecule is C=CCCC1=CC2(CC3(c4ccccc4-c4c3c3cc(C)ccc3n4C)[Si]2(C)C)c2ccccc21.CC1=CC2(CC3(c4ccccc4-c4c3c3cc(C)ccc3n4C)[Si]2(C)C)c2ccccc21.CCCCC1=CC2(CC3(c4ccccc4-c4c3c3cc(C)ccc3n4C)[Si]2(C)C)c2ccccc21.Cc1ccc2c(c1)c1c(n2C)-c2ccccc2C12CC1(C=C(c3ccccc3)c3ccccc31)[Si]2(C)C. The second-order valence-electron chi connectivity index (χ2n) is 46.3. The molecule has 4 nitrogen and oxygen atoms in total.